The predicted octanol–water partition coefficient (Wildman–Crippen LogP) is 12.6. The Morgan fingerprint density at radius 3 is 1.04 bits per heavy atom. The molecule has 19 heteroatoms. The number of amides is 1. The first kappa shape index (κ1) is 88.5. The normalized spacial score (nSPS) is 27.1. The third-order valence-electron chi connectivity index (χ3n) is 20.0. The van der Waals surface area contributed by atoms with Crippen LogP contribution in [0.2, 0.25) is 0 Å². The van der Waals surface area contributed by atoms with Crippen molar-refractivity contribution in [2.24, 2.45) is 0 Å². The molecule has 3 aliphatic heterocycles. The van der Waals surface area contributed by atoms with Crippen molar-refractivity contribution in [3.63, 3.8) is 0 Å². The first-order valence-electron chi connectivity index (χ1n) is 39.6. The summed E-state index contributed by atoms with van der Waals surface area (Å²) in [6, 6.07) is -0.987. The molecule has 0 aliphatic carbocycles. The van der Waals surface area contributed by atoms with Crippen molar-refractivity contribution in [3.8, 4) is 0 Å². The largest absolute Gasteiger partial charge is 0.394 e. The second-order valence-electron chi connectivity index (χ2n) is 28.5. The third-order valence-corrected chi connectivity index (χ3v) is 20.0. The summed E-state index contributed by atoms with van der Waals surface area (Å²) in [6.45, 7) is 1.76. The van der Waals surface area contributed by atoms with Crippen LogP contribution in [0.25, 0.3) is 0 Å². The topological polar surface area (TPSA) is 307 Å². The van der Waals surface area contributed by atoms with Crippen molar-refractivity contribution >= 4 is 5.91 Å². The van der Waals surface area contributed by atoms with Crippen molar-refractivity contribution in [2.75, 3.05) is 26.4 Å². The summed E-state index contributed by atoms with van der Waals surface area (Å²) >= 11 is 0. The molecule has 12 N–H and O–H groups in total. The zero-order valence-electron chi connectivity index (χ0n) is 60.4. The standard InChI is InChI=1S/C77H145NO18/c1-3-5-7-9-11-13-15-17-19-21-22-23-24-25-26-27-28-29-30-31-32-33-34-35-36-37-39-41-43-45-47-49-51-53-55-65(83)78-60(61(82)54-52-50-48-46-44-42-40-38-20-18-16-14-12-10-8-6-4-2)59-91-75-71(89)68(86)73(63(57-80)93-75)96-77-72(90)69(87)74(64(58-81)94-77)95-76-70(88)67(85)66(84)62(56-79)92-76/h44,46,52,54,60-64,66-77,79-82,84-90H,3-43,45,47-51,53,55-59H2,1-2H3,(H,78,83)/b46-44+,54-52+. The molecular weight excluding hydrogens is 1230 g/mol. The maximum Gasteiger partial charge on any atom is 0.220 e. The number of aliphatic hydroxyl groups excluding tert-OH is 11. The van der Waals surface area contributed by atoms with E-state index in [-0.39, 0.29) is 18.9 Å². The van der Waals surface area contributed by atoms with E-state index in [1.54, 1.807) is 6.08 Å². The average molecular weight is 1370 g/mol. The van der Waals surface area contributed by atoms with Gasteiger partial charge in [0.15, 0.2) is 18.9 Å². The van der Waals surface area contributed by atoms with Gasteiger partial charge < -0.3 is 89.9 Å². The van der Waals surface area contributed by atoms with Gasteiger partial charge in [0.1, 0.15) is 73.2 Å². The average Bonchev–Trinajstić information content (AvgIpc) is 0.787. The van der Waals surface area contributed by atoms with Crippen LogP contribution in [0.5, 0.6) is 0 Å². The van der Waals surface area contributed by atoms with Crippen LogP contribution in [-0.2, 0) is 33.2 Å². The van der Waals surface area contributed by atoms with Crippen LogP contribution in [0.3, 0.4) is 0 Å². The maximum atomic E-state index is 13.4. The van der Waals surface area contributed by atoms with Gasteiger partial charge in [0, 0.05) is 6.42 Å². The fourth-order valence-corrected chi connectivity index (χ4v) is 13.6. The van der Waals surface area contributed by atoms with E-state index in [1.807, 2.05) is 6.08 Å². The fraction of sp³-hybridized carbons (Fsp3) is 0.935. The quantitative estimate of drug-likeness (QED) is 0.0199. The Morgan fingerprint density at radius 2 is 0.667 bits per heavy atom. The molecule has 3 saturated heterocycles. The fourth-order valence-electron chi connectivity index (χ4n) is 13.6. The van der Waals surface area contributed by atoms with E-state index >= 15 is 0 Å². The molecule has 96 heavy (non-hydrogen) atoms. The van der Waals surface area contributed by atoms with Crippen molar-refractivity contribution in [1.29, 1.82) is 0 Å². The Bertz CT molecular complexity index is 1830. The van der Waals surface area contributed by atoms with Gasteiger partial charge in [-0.2, -0.15) is 0 Å². The molecule has 0 aromatic heterocycles. The summed E-state index contributed by atoms with van der Waals surface area (Å²) in [7, 11) is 0. The van der Waals surface area contributed by atoms with Gasteiger partial charge in [0.25, 0.3) is 0 Å². The highest BCUT2D eigenvalue weighted by Gasteiger charge is 2.53. The van der Waals surface area contributed by atoms with Crippen molar-refractivity contribution in [2.45, 2.75) is 433 Å². The van der Waals surface area contributed by atoms with Crippen molar-refractivity contribution in [1.82, 2.24) is 5.32 Å². The van der Waals surface area contributed by atoms with Crippen molar-refractivity contribution in [3.05, 3.63) is 24.3 Å². The first-order chi connectivity index (χ1) is 46.8. The van der Waals surface area contributed by atoms with Gasteiger partial charge in [-0.15, -0.1) is 0 Å². The van der Waals surface area contributed by atoms with Gasteiger partial charge in [-0.3, -0.25) is 4.79 Å². The van der Waals surface area contributed by atoms with Crippen molar-refractivity contribution < 1.29 is 89.4 Å². The maximum absolute atomic E-state index is 13.4. The Kier molecular flexibility index (Phi) is 54.1. The summed E-state index contributed by atoms with van der Waals surface area (Å²) in [6.07, 6.45) is 43.3. The van der Waals surface area contributed by atoms with E-state index in [4.69, 9.17) is 28.4 Å². The van der Waals surface area contributed by atoms with E-state index in [2.05, 4.69) is 31.3 Å². The monoisotopic (exact) mass is 1370 g/mol. The number of nitrogens with one attached hydrogen (secondary N) is 1. The molecule has 0 radical (unpaired) electrons. The Balaban J connectivity index is 1.34. The Labute approximate surface area is 581 Å². The van der Waals surface area contributed by atoms with Gasteiger partial charge in [-0.1, -0.05) is 314 Å². The zero-order valence-corrected chi connectivity index (χ0v) is 60.4. The number of allylic oxidation sites excluding steroid dienone is 3. The molecule has 3 fully saturated rings. The summed E-state index contributed by atoms with van der Waals surface area (Å²) in [5.74, 6) is -0.278. The van der Waals surface area contributed by atoms with Gasteiger partial charge in [-0.25, -0.2) is 0 Å². The van der Waals surface area contributed by atoms with E-state index in [9.17, 15) is 61.0 Å². The molecule has 17 atom stereocenters. The van der Waals surface area contributed by atoms with Crippen LogP contribution in [0, 0.1) is 0 Å². The smallest absolute Gasteiger partial charge is 0.220 e. The van der Waals surface area contributed by atoms with Crippen LogP contribution >= 0.6 is 0 Å². The highest BCUT2D eigenvalue weighted by molar-refractivity contribution is 5.76. The molecular formula is C77H145NO18. The number of rotatable bonds is 63. The first-order valence-corrected chi connectivity index (χ1v) is 39.6. The molecule has 0 aromatic rings. The lowest BCUT2D eigenvalue weighted by Gasteiger charge is -2.48. The lowest BCUT2D eigenvalue weighted by Crippen LogP contribution is -2.66. The summed E-state index contributed by atoms with van der Waals surface area (Å²) in [4.78, 5) is 13.4. The molecule has 17 unspecified atom stereocenters. The molecule has 0 spiro atoms. The second kappa shape index (κ2) is 58.7. The number of unbranched alkanes of at least 4 members (excludes halogenated alkanes) is 45. The Hall–Kier alpha value is -1.73. The van der Waals surface area contributed by atoms with Crippen LogP contribution in [0.1, 0.15) is 328 Å². The lowest BCUT2D eigenvalue weighted by molar-refractivity contribution is -0.379. The van der Waals surface area contributed by atoms with Crippen LogP contribution < -0.4 is 5.32 Å². The summed E-state index contributed by atoms with van der Waals surface area (Å²) < 4.78 is 34.4. The molecule has 3 aliphatic rings. The Morgan fingerprint density at radius 1 is 0.365 bits per heavy atom. The molecule has 0 bridgehead atoms. The zero-order chi connectivity index (χ0) is 69.6. The SMILES string of the molecule is CCCCCCCCCCCCC/C=C/CC/C=C/C(O)C(COC1OC(CO)C(OC2OC(CO)C(OC3OC(CO)C(O)C(O)C3O)C(O)C2O)C(O)C1O)NC(=O)CCCCCCCCCCCCCCCCCCCCCCCCCCCCCCCCCCCC. The molecule has 566 valence electrons. The number of ether oxygens (including phenoxy) is 6. The highest BCUT2D eigenvalue weighted by atomic mass is 16.8. The highest BCUT2D eigenvalue weighted by Crippen LogP contribution is 2.33. The van der Waals surface area contributed by atoms with Gasteiger partial charge in [0.05, 0.1) is 38.6 Å². The van der Waals surface area contributed by atoms with E-state index in [0.717, 1.165) is 38.5 Å². The predicted molar refractivity (Wildman–Crippen MR) is 379 cm³/mol. The third kappa shape index (κ3) is 39.1. The summed E-state index contributed by atoms with van der Waals surface area (Å²) in [5.41, 5.74) is 0. The van der Waals surface area contributed by atoms with Gasteiger partial charge >= 0.3 is 0 Å². The molecule has 1 amide bonds. The van der Waals surface area contributed by atoms with E-state index in [1.165, 1.54) is 257 Å². The number of hydrogen-bond acceptors (Lipinski definition) is 18. The minimum Gasteiger partial charge on any atom is -0.394 e. The van der Waals surface area contributed by atoms with Crippen LogP contribution in [0.4, 0.5) is 0 Å². The number of carbonyl (C=O) groups is 1. The molecule has 0 saturated carbocycles. The second-order valence-corrected chi connectivity index (χ2v) is 28.5. The molecule has 19 nitrogen and oxygen atoms in total. The molecule has 3 rings (SSSR count). The number of carbonyl (C=O) groups excluding carboxylic acids is 1. The van der Waals surface area contributed by atoms with Crippen LogP contribution in [0.15, 0.2) is 24.3 Å². The molecule has 3 heterocycles. The van der Waals surface area contributed by atoms with Gasteiger partial charge in [-0.05, 0) is 32.1 Å². The minimum absolute atomic E-state index is 0.241. The number of aliphatic hydroxyl groups is 11. The van der Waals surface area contributed by atoms with E-state index < -0.39 is 124 Å². The summed E-state index contributed by atoms with van der Waals surface area (Å²) in [5, 5.41) is 121. The van der Waals surface area contributed by atoms with E-state index in [0.29, 0.717) is 12.8 Å². The van der Waals surface area contributed by atoms with Crippen LogP contribution in [-0.4, -0.2) is 193 Å². The lowest BCUT2D eigenvalue weighted by atomic mass is 9.96. The minimum atomic E-state index is -1.98. The number of hydrogen-bond donors (Lipinski definition) is 12. The molecule has 0 aromatic carbocycles. The van der Waals surface area contributed by atoms with Gasteiger partial charge in [0.2, 0.25) is 5.91 Å².